The molecule has 0 radical (unpaired) electrons. The fraction of sp³-hybridized carbons (Fsp3) is 0.536. The number of hydrogen-bond acceptors (Lipinski definition) is 1. The van der Waals surface area contributed by atoms with Gasteiger partial charge in [-0.3, -0.25) is 4.99 Å². The average Bonchev–Trinajstić information content (AvgIpc) is 3.20. The lowest BCUT2D eigenvalue weighted by Crippen LogP contribution is -2.19. The molecule has 2 aromatic rings. The van der Waals surface area contributed by atoms with Crippen LogP contribution in [0.15, 0.2) is 53.5 Å². The molecular weight excluding hydrogens is 350 g/mol. The second-order valence-electron chi connectivity index (χ2n) is 10.1. The van der Waals surface area contributed by atoms with Crippen molar-refractivity contribution in [3.63, 3.8) is 0 Å². The van der Waals surface area contributed by atoms with Gasteiger partial charge in [-0.15, -0.1) is 0 Å². The largest absolute Gasteiger partial charge is 0.252 e. The molecule has 1 heteroatoms. The second-order valence-corrected chi connectivity index (χ2v) is 10.1. The van der Waals surface area contributed by atoms with Crippen LogP contribution in [-0.2, 0) is 6.42 Å². The fourth-order valence-corrected chi connectivity index (χ4v) is 6.04. The number of hydrogen-bond donors (Lipinski definition) is 0. The minimum atomic E-state index is 0.752. The Morgan fingerprint density at radius 2 is 1.52 bits per heavy atom. The normalized spacial score (nSPS) is 29.3. The Morgan fingerprint density at radius 3 is 2.28 bits per heavy atom. The molecule has 29 heavy (non-hydrogen) atoms. The smallest absolute Gasteiger partial charge is 0.0669 e. The molecule has 0 unspecified atom stereocenters. The van der Waals surface area contributed by atoms with Crippen LogP contribution in [0.5, 0.6) is 0 Å². The monoisotopic (exact) mass is 385 g/mol. The van der Waals surface area contributed by atoms with E-state index in [1.807, 2.05) is 0 Å². The van der Waals surface area contributed by atoms with E-state index in [0.29, 0.717) is 0 Å². The predicted octanol–water partition coefficient (Wildman–Crippen LogP) is 7.85. The van der Waals surface area contributed by atoms with Crippen molar-refractivity contribution in [2.24, 2.45) is 22.7 Å². The number of benzene rings is 2. The molecule has 0 N–H and O–H groups in total. The zero-order valence-corrected chi connectivity index (χ0v) is 17.9. The van der Waals surface area contributed by atoms with Gasteiger partial charge in [-0.2, -0.15) is 0 Å². The quantitative estimate of drug-likeness (QED) is 0.508. The summed E-state index contributed by atoms with van der Waals surface area (Å²) in [6, 6.07) is 17.9. The van der Waals surface area contributed by atoms with E-state index >= 15 is 0 Å². The Labute approximate surface area is 176 Å². The number of nitrogens with zero attached hydrogens (tertiary/aromatic N) is 1. The molecule has 0 spiro atoms. The van der Waals surface area contributed by atoms with Gasteiger partial charge in [0.15, 0.2) is 0 Å². The lowest BCUT2D eigenvalue weighted by molar-refractivity contribution is 0.211. The van der Waals surface area contributed by atoms with Gasteiger partial charge in [0.2, 0.25) is 0 Å². The molecule has 2 fully saturated rings. The summed E-state index contributed by atoms with van der Waals surface area (Å²) in [5, 5.41) is 0. The summed E-state index contributed by atoms with van der Waals surface area (Å²) in [5.74, 6) is 3.74. The van der Waals surface area contributed by atoms with Crippen molar-refractivity contribution in [1.82, 2.24) is 0 Å². The van der Waals surface area contributed by atoms with E-state index in [0.717, 1.165) is 35.8 Å². The highest BCUT2D eigenvalue weighted by molar-refractivity contribution is 6.06. The molecule has 2 aromatic carbocycles. The van der Waals surface area contributed by atoms with E-state index in [9.17, 15) is 0 Å². The SMILES string of the molecule is CC1CCC(CC2CCC(c3cccc(C4=Nc5ccccc5C4)c3)CC2)CC1. The molecule has 1 heterocycles. The summed E-state index contributed by atoms with van der Waals surface area (Å²) in [6.45, 7) is 2.44. The van der Waals surface area contributed by atoms with E-state index in [1.165, 1.54) is 74.6 Å². The summed E-state index contributed by atoms with van der Waals surface area (Å²) < 4.78 is 0. The van der Waals surface area contributed by atoms with Crippen molar-refractivity contribution >= 4 is 11.4 Å². The van der Waals surface area contributed by atoms with Gasteiger partial charge in [0.1, 0.15) is 0 Å². The first-order chi connectivity index (χ1) is 14.2. The van der Waals surface area contributed by atoms with Gasteiger partial charge in [-0.25, -0.2) is 0 Å². The van der Waals surface area contributed by atoms with Crippen molar-refractivity contribution in [1.29, 1.82) is 0 Å². The first kappa shape index (κ1) is 19.1. The lowest BCUT2D eigenvalue weighted by atomic mass is 9.72. The topological polar surface area (TPSA) is 12.4 Å². The van der Waals surface area contributed by atoms with Gasteiger partial charge in [-0.1, -0.05) is 69.0 Å². The molecule has 3 aliphatic rings. The summed E-state index contributed by atoms with van der Waals surface area (Å²) in [6.07, 6.45) is 14.1. The molecule has 0 aromatic heterocycles. The Bertz CT molecular complexity index is 863. The minimum absolute atomic E-state index is 0.752. The van der Waals surface area contributed by atoms with E-state index in [1.54, 1.807) is 5.56 Å². The van der Waals surface area contributed by atoms with Crippen LogP contribution in [0.25, 0.3) is 0 Å². The maximum absolute atomic E-state index is 4.91. The number of fused-ring (bicyclic) bond motifs is 1. The van der Waals surface area contributed by atoms with Crippen LogP contribution in [0, 0.1) is 17.8 Å². The van der Waals surface area contributed by atoms with Crippen molar-refractivity contribution in [3.05, 3.63) is 65.2 Å². The van der Waals surface area contributed by atoms with Gasteiger partial charge < -0.3 is 0 Å². The number of aliphatic imine (C=N–C) groups is 1. The predicted molar refractivity (Wildman–Crippen MR) is 123 cm³/mol. The van der Waals surface area contributed by atoms with Gasteiger partial charge in [0, 0.05) is 6.42 Å². The summed E-state index contributed by atoms with van der Waals surface area (Å²) >= 11 is 0. The van der Waals surface area contributed by atoms with Crippen LogP contribution in [-0.4, -0.2) is 5.71 Å². The summed E-state index contributed by atoms with van der Waals surface area (Å²) in [4.78, 5) is 4.91. The van der Waals surface area contributed by atoms with E-state index in [2.05, 4.69) is 55.5 Å². The van der Waals surface area contributed by atoms with Crippen LogP contribution in [0.3, 0.4) is 0 Å². The first-order valence-corrected chi connectivity index (χ1v) is 12.0. The van der Waals surface area contributed by atoms with Crippen molar-refractivity contribution in [2.45, 2.75) is 77.0 Å². The summed E-state index contributed by atoms with van der Waals surface area (Å²) in [5.41, 5.74) is 6.65. The van der Waals surface area contributed by atoms with Crippen LogP contribution >= 0.6 is 0 Å². The third kappa shape index (κ3) is 4.34. The minimum Gasteiger partial charge on any atom is -0.252 e. The molecule has 0 bridgehead atoms. The molecule has 1 nitrogen and oxygen atoms in total. The first-order valence-electron chi connectivity index (χ1n) is 12.0. The molecular formula is C28H35N. The van der Waals surface area contributed by atoms with E-state index < -0.39 is 0 Å². The van der Waals surface area contributed by atoms with E-state index in [4.69, 9.17) is 4.99 Å². The van der Waals surface area contributed by atoms with Gasteiger partial charge in [0.25, 0.3) is 0 Å². The Kier molecular flexibility index (Phi) is 5.57. The average molecular weight is 386 g/mol. The van der Waals surface area contributed by atoms with Gasteiger partial charge >= 0.3 is 0 Å². The molecule has 2 saturated carbocycles. The highest BCUT2D eigenvalue weighted by atomic mass is 14.8. The van der Waals surface area contributed by atoms with Crippen LogP contribution in [0.2, 0.25) is 0 Å². The fourth-order valence-electron chi connectivity index (χ4n) is 6.04. The van der Waals surface area contributed by atoms with Crippen molar-refractivity contribution in [3.8, 4) is 0 Å². The highest BCUT2D eigenvalue weighted by Gasteiger charge is 2.27. The molecule has 152 valence electrons. The standard InChI is InChI=1S/C28H35N/c1-20-9-11-21(12-10-20)17-22-13-15-23(16-14-22)24-6-4-7-25(18-24)28-19-26-5-2-3-8-27(26)29-28/h2-8,18,20-23H,9-17,19H2,1H3. The zero-order chi connectivity index (χ0) is 19.6. The Balaban J connectivity index is 1.19. The lowest BCUT2D eigenvalue weighted by Gasteiger charge is -2.33. The molecule has 5 rings (SSSR count). The second kappa shape index (κ2) is 8.46. The third-order valence-corrected chi connectivity index (χ3v) is 7.95. The van der Waals surface area contributed by atoms with Gasteiger partial charge in [0.05, 0.1) is 11.4 Å². The van der Waals surface area contributed by atoms with Crippen molar-refractivity contribution < 1.29 is 0 Å². The molecule has 1 aliphatic heterocycles. The highest BCUT2D eigenvalue weighted by Crippen LogP contribution is 2.41. The molecule has 0 amide bonds. The number of para-hydroxylation sites is 1. The van der Waals surface area contributed by atoms with Crippen LogP contribution in [0.1, 0.15) is 87.3 Å². The van der Waals surface area contributed by atoms with Crippen molar-refractivity contribution in [2.75, 3.05) is 0 Å². The zero-order valence-electron chi connectivity index (χ0n) is 17.9. The van der Waals surface area contributed by atoms with Crippen LogP contribution < -0.4 is 0 Å². The molecule has 2 aliphatic carbocycles. The Morgan fingerprint density at radius 1 is 0.793 bits per heavy atom. The molecule has 0 saturated heterocycles. The third-order valence-electron chi connectivity index (χ3n) is 7.95. The maximum atomic E-state index is 4.91. The Hall–Kier alpha value is -1.89. The van der Waals surface area contributed by atoms with Gasteiger partial charge in [-0.05, 0) is 84.6 Å². The summed E-state index contributed by atoms with van der Waals surface area (Å²) in [7, 11) is 0. The number of rotatable bonds is 4. The van der Waals surface area contributed by atoms with Crippen LogP contribution in [0.4, 0.5) is 5.69 Å². The van der Waals surface area contributed by atoms with E-state index in [-0.39, 0.29) is 0 Å². The molecule has 0 atom stereocenters. The maximum Gasteiger partial charge on any atom is 0.0669 e.